The van der Waals surface area contributed by atoms with E-state index in [1.165, 1.54) is 31.3 Å². The zero-order valence-corrected chi connectivity index (χ0v) is 17.0. The van der Waals surface area contributed by atoms with Crippen molar-refractivity contribution < 1.29 is 4.79 Å². The number of anilines is 1. The predicted octanol–water partition coefficient (Wildman–Crippen LogP) is 3.63. The molecule has 1 aliphatic heterocycles. The second-order valence-electron chi connectivity index (χ2n) is 7.94. The van der Waals surface area contributed by atoms with Gasteiger partial charge in [0.05, 0.1) is 0 Å². The number of aryl methyl sites for hydroxylation is 1. The van der Waals surface area contributed by atoms with Gasteiger partial charge in [-0.1, -0.05) is 25.5 Å². The molecular formula is C21H33N5O. The minimum atomic E-state index is 0.0628. The van der Waals surface area contributed by atoms with E-state index in [1.54, 1.807) is 0 Å². The maximum atomic E-state index is 12.4. The van der Waals surface area contributed by atoms with Crippen LogP contribution in [0.25, 0.3) is 0 Å². The second kappa shape index (κ2) is 9.20. The molecule has 1 saturated heterocycles. The Morgan fingerprint density at radius 1 is 1.19 bits per heavy atom. The van der Waals surface area contributed by atoms with E-state index in [4.69, 9.17) is 4.98 Å². The molecular weight excluding hydrogens is 338 g/mol. The van der Waals surface area contributed by atoms with Crippen molar-refractivity contribution in [1.29, 1.82) is 0 Å². The number of urea groups is 1. The summed E-state index contributed by atoms with van der Waals surface area (Å²) in [5.74, 6) is 2.19. The van der Waals surface area contributed by atoms with Crippen molar-refractivity contribution in [3.63, 3.8) is 0 Å². The highest BCUT2D eigenvalue weighted by Gasteiger charge is 2.22. The summed E-state index contributed by atoms with van der Waals surface area (Å²) in [4.78, 5) is 25.9. The standard InChI is InChI=1S/C21H33N5O/c1-16(2)20-23-17(3)15-19(24-20)25-11-13-26(14-12-25)21(27)22-10-9-18-7-5-4-6-8-18/h7,15-16H,4-6,8-14H2,1-3H3,(H,22,27). The molecule has 6 nitrogen and oxygen atoms in total. The van der Waals surface area contributed by atoms with E-state index in [-0.39, 0.29) is 6.03 Å². The first-order valence-electron chi connectivity index (χ1n) is 10.3. The fraction of sp³-hybridized carbons (Fsp3) is 0.667. The van der Waals surface area contributed by atoms with Gasteiger partial charge in [-0.05, 0) is 39.0 Å². The molecule has 3 rings (SSSR count). The van der Waals surface area contributed by atoms with Crippen LogP contribution in [0.1, 0.15) is 63.4 Å². The normalized spacial score (nSPS) is 17.9. The van der Waals surface area contributed by atoms with Gasteiger partial charge >= 0.3 is 6.03 Å². The molecule has 2 aliphatic rings. The summed E-state index contributed by atoms with van der Waals surface area (Å²) in [6, 6.07) is 2.10. The van der Waals surface area contributed by atoms with Crippen molar-refractivity contribution in [2.24, 2.45) is 0 Å². The number of hydrogen-bond acceptors (Lipinski definition) is 4. The number of amides is 2. The Kier molecular flexibility index (Phi) is 6.69. The molecule has 1 fully saturated rings. The first-order valence-corrected chi connectivity index (χ1v) is 10.3. The van der Waals surface area contributed by atoms with E-state index in [0.29, 0.717) is 5.92 Å². The summed E-state index contributed by atoms with van der Waals surface area (Å²) in [7, 11) is 0. The van der Waals surface area contributed by atoms with Crippen LogP contribution in [0.2, 0.25) is 0 Å². The zero-order valence-electron chi connectivity index (χ0n) is 17.0. The molecule has 0 unspecified atom stereocenters. The van der Waals surface area contributed by atoms with Crippen LogP contribution in [-0.4, -0.2) is 53.6 Å². The molecule has 1 N–H and O–H groups in total. The van der Waals surface area contributed by atoms with Crippen molar-refractivity contribution in [2.75, 3.05) is 37.6 Å². The monoisotopic (exact) mass is 371 g/mol. The molecule has 6 heteroatoms. The highest BCUT2D eigenvalue weighted by atomic mass is 16.2. The number of piperazine rings is 1. The van der Waals surface area contributed by atoms with Gasteiger partial charge in [0, 0.05) is 50.4 Å². The maximum absolute atomic E-state index is 12.4. The van der Waals surface area contributed by atoms with Gasteiger partial charge in [-0.25, -0.2) is 14.8 Å². The van der Waals surface area contributed by atoms with E-state index in [9.17, 15) is 4.79 Å². The topological polar surface area (TPSA) is 61.4 Å². The van der Waals surface area contributed by atoms with Crippen LogP contribution >= 0.6 is 0 Å². The number of rotatable bonds is 5. The Morgan fingerprint density at radius 2 is 1.96 bits per heavy atom. The summed E-state index contributed by atoms with van der Waals surface area (Å²) in [6.45, 7) is 10.1. The molecule has 2 heterocycles. The largest absolute Gasteiger partial charge is 0.353 e. The van der Waals surface area contributed by atoms with E-state index in [0.717, 1.165) is 56.5 Å². The molecule has 0 atom stereocenters. The van der Waals surface area contributed by atoms with Crippen LogP contribution < -0.4 is 10.2 Å². The van der Waals surface area contributed by atoms with Crippen LogP contribution in [-0.2, 0) is 0 Å². The highest BCUT2D eigenvalue weighted by Crippen LogP contribution is 2.20. The van der Waals surface area contributed by atoms with E-state index in [1.807, 2.05) is 17.9 Å². The number of carbonyl (C=O) groups is 1. The van der Waals surface area contributed by atoms with Gasteiger partial charge < -0.3 is 15.1 Å². The van der Waals surface area contributed by atoms with E-state index in [2.05, 4.69) is 35.1 Å². The summed E-state index contributed by atoms with van der Waals surface area (Å²) < 4.78 is 0. The Bertz CT molecular complexity index is 677. The number of nitrogens with zero attached hydrogens (tertiary/aromatic N) is 4. The van der Waals surface area contributed by atoms with Crippen LogP contribution in [0, 0.1) is 6.92 Å². The molecule has 0 spiro atoms. The minimum Gasteiger partial charge on any atom is -0.353 e. The lowest BCUT2D eigenvalue weighted by molar-refractivity contribution is 0.194. The van der Waals surface area contributed by atoms with Gasteiger partial charge in [-0.3, -0.25) is 0 Å². The lowest BCUT2D eigenvalue weighted by Gasteiger charge is -2.35. The second-order valence-corrected chi connectivity index (χ2v) is 7.94. The quantitative estimate of drug-likeness (QED) is 0.803. The fourth-order valence-electron chi connectivity index (χ4n) is 3.71. The molecule has 1 aliphatic carbocycles. The summed E-state index contributed by atoms with van der Waals surface area (Å²) >= 11 is 0. The fourth-order valence-corrected chi connectivity index (χ4v) is 3.71. The third-order valence-corrected chi connectivity index (χ3v) is 5.37. The van der Waals surface area contributed by atoms with Gasteiger partial charge in [0.2, 0.25) is 0 Å². The maximum Gasteiger partial charge on any atom is 0.317 e. The van der Waals surface area contributed by atoms with Crippen molar-refractivity contribution in [2.45, 2.75) is 58.8 Å². The van der Waals surface area contributed by atoms with E-state index >= 15 is 0 Å². The summed E-state index contributed by atoms with van der Waals surface area (Å²) in [5.41, 5.74) is 2.51. The third-order valence-electron chi connectivity index (χ3n) is 5.37. The molecule has 1 aromatic rings. The van der Waals surface area contributed by atoms with Gasteiger partial charge in [0.25, 0.3) is 0 Å². The van der Waals surface area contributed by atoms with Crippen molar-refractivity contribution in [3.05, 3.63) is 29.2 Å². The van der Waals surface area contributed by atoms with Crippen molar-refractivity contribution in [1.82, 2.24) is 20.2 Å². The molecule has 0 saturated carbocycles. The first-order chi connectivity index (χ1) is 13.0. The molecule has 0 radical (unpaired) electrons. The zero-order chi connectivity index (χ0) is 19.2. The number of allylic oxidation sites excluding steroid dienone is 1. The molecule has 1 aromatic heterocycles. The van der Waals surface area contributed by atoms with Gasteiger partial charge in [0.15, 0.2) is 0 Å². The van der Waals surface area contributed by atoms with Crippen molar-refractivity contribution in [3.8, 4) is 0 Å². The number of nitrogens with one attached hydrogen (secondary N) is 1. The lowest BCUT2D eigenvalue weighted by atomic mass is 9.97. The Labute approximate surface area is 163 Å². The summed E-state index contributed by atoms with van der Waals surface area (Å²) in [6.07, 6.45) is 8.35. The van der Waals surface area contributed by atoms with Gasteiger partial charge in [-0.2, -0.15) is 0 Å². The molecule has 148 valence electrons. The van der Waals surface area contributed by atoms with Crippen LogP contribution in [0.15, 0.2) is 17.7 Å². The smallest absolute Gasteiger partial charge is 0.317 e. The van der Waals surface area contributed by atoms with E-state index < -0.39 is 0 Å². The average molecular weight is 372 g/mol. The Balaban J connectivity index is 1.47. The number of aromatic nitrogens is 2. The van der Waals surface area contributed by atoms with Gasteiger partial charge in [0.1, 0.15) is 11.6 Å². The molecule has 2 amide bonds. The van der Waals surface area contributed by atoms with Crippen LogP contribution in [0.4, 0.5) is 10.6 Å². The lowest BCUT2D eigenvalue weighted by Crippen LogP contribution is -2.52. The Hall–Kier alpha value is -2.11. The van der Waals surface area contributed by atoms with Crippen LogP contribution in [0.3, 0.4) is 0 Å². The highest BCUT2D eigenvalue weighted by molar-refractivity contribution is 5.74. The number of hydrogen-bond donors (Lipinski definition) is 1. The third kappa shape index (κ3) is 5.44. The number of carbonyl (C=O) groups excluding carboxylic acids is 1. The van der Waals surface area contributed by atoms with Crippen LogP contribution in [0.5, 0.6) is 0 Å². The summed E-state index contributed by atoms with van der Waals surface area (Å²) in [5, 5.41) is 3.09. The minimum absolute atomic E-state index is 0.0628. The molecule has 0 aromatic carbocycles. The predicted molar refractivity (Wildman–Crippen MR) is 109 cm³/mol. The first kappa shape index (κ1) is 19.6. The molecule has 27 heavy (non-hydrogen) atoms. The SMILES string of the molecule is Cc1cc(N2CCN(C(=O)NCCC3=CCCCC3)CC2)nc(C(C)C)n1. The van der Waals surface area contributed by atoms with Gasteiger partial charge in [-0.15, -0.1) is 0 Å². The van der Waals surface area contributed by atoms with Crippen molar-refractivity contribution >= 4 is 11.8 Å². The molecule has 0 bridgehead atoms. The average Bonchev–Trinajstić information content (AvgIpc) is 2.68. The Morgan fingerprint density at radius 3 is 2.63 bits per heavy atom.